The molecule has 0 spiro atoms. The summed E-state index contributed by atoms with van der Waals surface area (Å²) in [4.78, 5) is 2.54. The molecule has 0 radical (unpaired) electrons. The zero-order chi connectivity index (χ0) is 10.1. The first-order valence-electron chi connectivity index (χ1n) is 6.00. The molecule has 2 aliphatic rings. The molecule has 0 bridgehead atoms. The fourth-order valence-electron chi connectivity index (χ4n) is 2.77. The molecule has 3 rings (SSSR count). The van der Waals surface area contributed by atoms with E-state index in [0.29, 0.717) is 0 Å². The standard InChI is InChI=1S/C13H18N2/c1-2-6-13-11(4-1)7-9-15(13)10-12-5-3-8-14-12/h1-2,4,6,12,14H,3,5,7-10H2/t12-/m1/s1. The summed E-state index contributed by atoms with van der Waals surface area (Å²) >= 11 is 0. The van der Waals surface area contributed by atoms with E-state index in [1.54, 1.807) is 0 Å². The lowest BCUT2D eigenvalue weighted by Gasteiger charge is -2.23. The van der Waals surface area contributed by atoms with Crippen molar-refractivity contribution in [1.82, 2.24) is 5.32 Å². The molecule has 2 aliphatic heterocycles. The molecule has 0 saturated carbocycles. The van der Waals surface area contributed by atoms with Gasteiger partial charge in [0.25, 0.3) is 0 Å². The van der Waals surface area contributed by atoms with Gasteiger partial charge in [-0.1, -0.05) is 18.2 Å². The molecule has 15 heavy (non-hydrogen) atoms. The SMILES string of the molecule is c1ccc2c(c1)CCN2C[C@H]1CCCN1. The van der Waals surface area contributed by atoms with Crippen molar-refractivity contribution < 1.29 is 0 Å². The van der Waals surface area contributed by atoms with E-state index in [1.807, 2.05) is 0 Å². The predicted octanol–water partition coefficient (Wildman–Crippen LogP) is 1.80. The molecule has 1 aromatic rings. The van der Waals surface area contributed by atoms with Crippen LogP contribution in [0.15, 0.2) is 24.3 Å². The second-order valence-corrected chi connectivity index (χ2v) is 4.62. The van der Waals surface area contributed by atoms with E-state index in [9.17, 15) is 0 Å². The average molecular weight is 202 g/mol. The molecule has 2 heteroatoms. The zero-order valence-corrected chi connectivity index (χ0v) is 9.08. The van der Waals surface area contributed by atoms with Gasteiger partial charge in [-0.25, -0.2) is 0 Å². The second-order valence-electron chi connectivity index (χ2n) is 4.62. The Balaban J connectivity index is 1.73. The molecule has 0 aromatic heterocycles. The molecular formula is C13H18N2. The number of anilines is 1. The largest absolute Gasteiger partial charge is 0.369 e. The summed E-state index contributed by atoms with van der Waals surface area (Å²) in [6.45, 7) is 3.61. The van der Waals surface area contributed by atoms with Crippen LogP contribution < -0.4 is 10.2 Å². The van der Waals surface area contributed by atoms with Gasteiger partial charge in [0, 0.05) is 24.8 Å². The van der Waals surface area contributed by atoms with Crippen LogP contribution in [0, 0.1) is 0 Å². The highest BCUT2D eigenvalue weighted by atomic mass is 15.2. The number of nitrogens with one attached hydrogen (secondary N) is 1. The van der Waals surface area contributed by atoms with Crippen molar-refractivity contribution >= 4 is 5.69 Å². The minimum atomic E-state index is 0.719. The number of rotatable bonds is 2. The Labute approximate surface area is 91.3 Å². The third-order valence-electron chi connectivity index (χ3n) is 3.59. The van der Waals surface area contributed by atoms with Crippen LogP contribution >= 0.6 is 0 Å². The van der Waals surface area contributed by atoms with Crippen LogP contribution in [0.5, 0.6) is 0 Å². The Morgan fingerprint density at radius 2 is 2.27 bits per heavy atom. The minimum Gasteiger partial charge on any atom is -0.369 e. The van der Waals surface area contributed by atoms with Crippen molar-refractivity contribution in [2.75, 3.05) is 24.5 Å². The van der Waals surface area contributed by atoms with Gasteiger partial charge in [0.2, 0.25) is 0 Å². The average Bonchev–Trinajstić information content (AvgIpc) is 2.89. The molecule has 1 aromatic carbocycles. The topological polar surface area (TPSA) is 15.3 Å². The van der Waals surface area contributed by atoms with Crippen molar-refractivity contribution in [3.63, 3.8) is 0 Å². The maximum absolute atomic E-state index is 3.57. The quantitative estimate of drug-likeness (QED) is 0.786. The summed E-state index contributed by atoms with van der Waals surface area (Å²) in [6.07, 6.45) is 3.92. The highest BCUT2D eigenvalue weighted by Gasteiger charge is 2.22. The maximum atomic E-state index is 3.57. The molecule has 0 amide bonds. The zero-order valence-electron chi connectivity index (χ0n) is 9.08. The van der Waals surface area contributed by atoms with Gasteiger partial charge in [0.1, 0.15) is 0 Å². The third kappa shape index (κ3) is 1.74. The lowest BCUT2D eigenvalue weighted by molar-refractivity contribution is 0.589. The summed E-state index contributed by atoms with van der Waals surface area (Å²) in [7, 11) is 0. The first kappa shape index (κ1) is 9.22. The molecule has 2 heterocycles. The third-order valence-corrected chi connectivity index (χ3v) is 3.59. The lowest BCUT2D eigenvalue weighted by atomic mass is 10.2. The van der Waals surface area contributed by atoms with Gasteiger partial charge in [-0.15, -0.1) is 0 Å². The van der Waals surface area contributed by atoms with Crippen LogP contribution in [-0.4, -0.2) is 25.7 Å². The highest BCUT2D eigenvalue weighted by molar-refractivity contribution is 5.57. The van der Waals surface area contributed by atoms with Gasteiger partial charge in [0.15, 0.2) is 0 Å². The molecule has 1 fully saturated rings. The molecule has 1 N–H and O–H groups in total. The van der Waals surface area contributed by atoms with Gasteiger partial charge in [-0.3, -0.25) is 0 Å². The maximum Gasteiger partial charge on any atom is 0.0400 e. The second kappa shape index (κ2) is 3.86. The molecule has 80 valence electrons. The van der Waals surface area contributed by atoms with Crippen molar-refractivity contribution in [3.05, 3.63) is 29.8 Å². The Hall–Kier alpha value is -1.02. The van der Waals surface area contributed by atoms with Crippen LogP contribution in [-0.2, 0) is 6.42 Å². The molecule has 1 saturated heterocycles. The molecule has 2 nitrogen and oxygen atoms in total. The van der Waals surface area contributed by atoms with Gasteiger partial charge in [-0.2, -0.15) is 0 Å². The summed E-state index contributed by atoms with van der Waals surface area (Å²) in [6, 6.07) is 9.54. The van der Waals surface area contributed by atoms with Gasteiger partial charge < -0.3 is 10.2 Å². The van der Waals surface area contributed by atoms with Crippen LogP contribution in [0.3, 0.4) is 0 Å². The van der Waals surface area contributed by atoms with E-state index in [0.717, 1.165) is 6.04 Å². The Kier molecular flexibility index (Phi) is 2.37. The van der Waals surface area contributed by atoms with Crippen LogP contribution in [0.4, 0.5) is 5.69 Å². The van der Waals surface area contributed by atoms with Gasteiger partial charge in [0.05, 0.1) is 0 Å². The van der Waals surface area contributed by atoms with E-state index < -0.39 is 0 Å². The monoisotopic (exact) mass is 202 g/mol. The normalized spacial score (nSPS) is 24.5. The predicted molar refractivity (Wildman–Crippen MR) is 63.4 cm³/mol. The van der Waals surface area contributed by atoms with E-state index >= 15 is 0 Å². The number of para-hydroxylation sites is 1. The van der Waals surface area contributed by atoms with Crippen LogP contribution in [0.1, 0.15) is 18.4 Å². The van der Waals surface area contributed by atoms with E-state index in [2.05, 4.69) is 34.5 Å². The number of benzene rings is 1. The van der Waals surface area contributed by atoms with Gasteiger partial charge >= 0.3 is 0 Å². The summed E-state index contributed by atoms with van der Waals surface area (Å²) < 4.78 is 0. The Morgan fingerprint density at radius 1 is 1.33 bits per heavy atom. The van der Waals surface area contributed by atoms with E-state index in [1.165, 1.54) is 50.1 Å². The number of hydrogen-bond acceptors (Lipinski definition) is 2. The molecule has 0 aliphatic carbocycles. The van der Waals surface area contributed by atoms with Crippen molar-refractivity contribution in [2.24, 2.45) is 0 Å². The summed E-state index contributed by atoms with van der Waals surface area (Å²) in [5.74, 6) is 0. The van der Waals surface area contributed by atoms with Crippen molar-refractivity contribution in [1.29, 1.82) is 0 Å². The van der Waals surface area contributed by atoms with Crippen LogP contribution in [0.25, 0.3) is 0 Å². The minimum absolute atomic E-state index is 0.719. The molecule has 0 unspecified atom stereocenters. The fraction of sp³-hybridized carbons (Fsp3) is 0.538. The lowest BCUT2D eigenvalue weighted by Crippen LogP contribution is -2.36. The van der Waals surface area contributed by atoms with Crippen molar-refractivity contribution in [3.8, 4) is 0 Å². The van der Waals surface area contributed by atoms with Crippen LogP contribution in [0.2, 0.25) is 0 Å². The van der Waals surface area contributed by atoms with E-state index in [-0.39, 0.29) is 0 Å². The molecule has 1 atom stereocenters. The van der Waals surface area contributed by atoms with Crippen molar-refractivity contribution in [2.45, 2.75) is 25.3 Å². The Morgan fingerprint density at radius 3 is 3.13 bits per heavy atom. The van der Waals surface area contributed by atoms with Gasteiger partial charge in [-0.05, 0) is 37.4 Å². The highest BCUT2D eigenvalue weighted by Crippen LogP contribution is 2.27. The number of hydrogen-bond donors (Lipinski definition) is 1. The summed E-state index contributed by atoms with van der Waals surface area (Å²) in [5.41, 5.74) is 2.99. The number of nitrogens with zero attached hydrogens (tertiary/aromatic N) is 1. The summed E-state index contributed by atoms with van der Waals surface area (Å²) in [5, 5.41) is 3.57. The first-order valence-corrected chi connectivity index (χ1v) is 6.00. The van der Waals surface area contributed by atoms with E-state index in [4.69, 9.17) is 0 Å². The first-order chi connectivity index (χ1) is 7.43. The fourth-order valence-corrected chi connectivity index (χ4v) is 2.77. The Bertz CT molecular complexity index is 342. The number of fused-ring (bicyclic) bond motifs is 1. The smallest absolute Gasteiger partial charge is 0.0400 e. The molecular weight excluding hydrogens is 184 g/mol.